The Kier molecular flexibility index (Phi) is 7.28. The predicted molar refractivity (Wildman–Crippen MR) is 122 cm³/mol. The molecule has 0 bridgehead atoms. The lowest BCUT2D eigenvalue weighted by atomic mass is 10.1. The highest BCUT2D eigenvalue weighted by Crippen LogP contribution is 2.38. The van der Waals surface area contributed by atoms with E-state index < -0.39 is 10.0 Å². The molecule has 0 spiro atoms. The summed E-state index contributed by atoms with van der Waals surface area (Å²) in [6.45, 7) is 2.19. The van der Waals surface area contributed by atoms with Crippen molar-refractivity contribution in [2.24, 2.45) is 0 Å². The zero-order valence-corrected chi connectivity index (χ0v) is 19.7. The average Bonchev–Trinajstić information content (AvgIpc) is 3.05. The number of benzene rings is 2. The summed E-state index contributed by atoms with van der Waals surface area (Å²) < 4.78 is 49.4. The minimum absolute atomic E-state index is 0.0108. The summed E-state index contributed by atoms with van der Waals surface area (Å²) in [5.41, 5.74) is 0.990. The number of hydrogen-bond acceptors (Lipinski definition) is 7. The smallest absolute Gasteiger partial charge is 0.246 e. The van der Waals surface area contributed by atoms with Gasteiger partial charge >= 0.3 is 0 Å². The van der Waals surface area contributed by atoms with Crippen molar-refractivity contribution in [3.05, 3.63) is 40.9 Å². The van der Waals surface area contributed by atoms with Gasteiger partial charge in [0.2, 0.25) is 15.9 Å². The highest BCUT2D eigenvalue weighted by atomic mass is 35.5. The molecule has 0 atom stereocenters. The molecule has 1 fully saturated rings. The quantitative estimate of drug-likeness (QED) is 0.655. The number of rotatable bonds is 6. The largest absolute Gasteiger partial charge is 0.495 e. The average molecular weight is 497 g/mol. The van der Waals surface area contributed by atoms with Crippen LogP contribution in [-0.2, 0) is 26.0 Å². The molecule has 1 N–H and O–H groups in total. The Morgan fingerprint density at radius 3 is 2.64 bits per heavy atom. The van der Waals surface area contributed by atoms with Crippen LogP contribution in [0.2, 0.25) is 5.02 Å². The van der Waals surface area contributed by atoms with Crippen molar-refractivity contribution in [3.63, 3.8) is 0 Å². The number of nitrogens with zero attached hydrogens (tertiary/aromatic N) is 1. The maximum atomic E-state index is 13.1. The summed E-state index contributed by atoms with van der Waals surface area (Å²) in [7, 11) is -2.41. The molecule has 4 rings (SSSR count). The summed E-state index contributed by atoms with van der Waals surface area (Å²) >= 11 is 6.31. The third kappa shape index (κ3) is 5.35. The van der Waals surface area contributed by atoms with Gasteiger partial charge in [-0.2, -0.15) is 4.31 Å². The highest BCUT2D eigenvalue weighted by Gasteiger charge is 2.29. The van der Waals surface area contributed by atoms with E-state index in [0.717, 1.165) is 6.42 Å². The standard InChI is InChI=1S/C22H25ClN2O7S/c1-29-18-4-3-16(14-20(18)33(27,28)25-5-9-30-10-6-25)24-21(26)13-15-11-17(23)22-19(12-15)31-7-2-8-32-22/h3-4,11-12,14H,2,5-10,13H2,1H3,(H,24,26). The number of amides is 1. The first kappa shape index (κ1) is 23.6. The first-order valence-corrected chi connectivity index (χ1v) is 12.3. The number of fused-ring (bicyclic) bond motifs is 1. The molecule has 9 nitrogen and oxygen atoms in total. The maximum absolute atomic E-state index is 13.1. The van der Waals surface area contributed by atoms with E-state index in [1.807, 2.05) is 0 Å². The van der Waals surface area contributed by atoms with E-state index in [-0.39, 0.29) is 36.1 Å². The first-order chi connectivity index (χ1) is 15.9. The van der Waals surface area contributed by atoms with Crippen LogP contribution in [0.3, 0.4) is 0 Å². The van der Waals surface area contributed by atoms with Crippen molar-refractivity contribution in [2.75, 3.05) is 51.9 Å². The number of nitrogens with one attached hydrogen (secondary N) is 1. The molecule has 2 aliphatic heterocycles. The molecule has 0 unspecified atom stereocenters. The zero-order valence-electron chi connectivity index (χ0n) is 18.1. The van der Waals surface area contributed by atoms with Gasteiger partial charge < -0.3 is 24.3 Å². The van der Waals surface area contributed by atoms with Gasteiger partial charge in [0, 0.05) is 25.2 Å². The molecule has 11 heteroatoms. The van der Waals surface area contributed by atoms with Crippen LogP contribution < -0.4 is 19.5 Å². The molecule has 0 aliphatic carbocycles. The normalized spacial score (nSPS) is 16.7. The van der Waals surface area contributed by atoms with Crippen LogP contribution >= 0.6 is 11.6 Å². The van der Waals surface area contributed by atoms with Crippen molar-refractivity contribution >= 4 is 33.2 Å². The van der Waals surface area contributed by atoms with Crippen molar-refractivity contribution < 1.29 is 32.2 Å². The van der Waals surface area contributed by atoms with Crippen LogP contribution in [0, 0.1) is 0 Å². The van der Waals surface area contributed by atoms with Crippen LogP contribution in [0.15, 0.2) is 35.2 Å². The molecule has 178 valence electrons. The van der Waals surface area contributed by atoms with Gasteiger partial charge in [-0.05, 0) is 35.9 Å². The Hall–Kier alpha value is -2.53. The second kappa shape index (κ2) is 10.2. The molecule has 1 saturated heterocycles. The fraction of sp³-hybridized carbons (Fsp3) is 0.409. The third-order valence-corrected chi connectivity index (χ3v) is 7.46. The monoisotopic (exact) mass is 496 g/mol. The van der Waals surface area contributed by atoms with Gasteiger partial charge in [-0.3, -0.25) is 4.79 Å². The number of carbonyl (C=O) groups is 1. The minimum atomic E-state index is -3.81. The summed E-state index contributed by atoms with van der Waals surface area (Å²) in [5.74, 6) is 0.854. The first-order valence-electron chi connectivity index (χ1n) is 10.5. The van der Waals surface area contributed by atoms with Gasteiger partial charge in [-0.1, -0.05) is 11.6 Å². The highest BCUT2D eigenvalue weighted by molar-refractivity contribution is 7.89. The van der Waals surface area contributed by atoms with E-state index in [1.165, 1.54) is 23.5 Å². The van der Waals surface area contributed by atoms with Gasteiger partial charge in [0.05, 0.1) is 45.0 Å². The number of methoxy groups -OCH3 is 1. The Bertz CT molecular complexity index is 1130. The molecular formula is C22H25ClN2O7S. The van der Waals surface area contributed by atoms with Crippen LogP contribution in [0.25, 0.3) is 0 Å². The fourth-order valence-corrected chi connectivity index (χ4v) is 5.54. The number of ether oxygens (including phenoxy) is 4. The Labute approximate surface area is 197 Å². The van der Waals surface area contributed by atoms with Crippen molar-refractivity contribution in [3.8, 4) is 17.2 Å². The van der Waals surface area contributed by atoms with Gasteiger partial charge in [0.25, 0.3) is 0 Å². The van der Waals surface area contributed by atoms with E-state index in [2.05, 4.69) is 5.32 Å². The second-order valence-electron chi connectivity index (χ2n) is 7.56. The van der Waals surface area contributed by atoms with E-state index >= 15 is 0 Å². The Morgan fingerprint density at radius 1 is 1.12 bits per heavy atom. The lowest BCUT2D eigenvalue weighted by Crippen LogP contribution is -2.40. The van der Waals surface area contributed by atoms with Crippen molar-refractivity contribution in [1.82, 2.24) is 4.31 Å². The second-order valence-corrected chi connectivity index (χ2v) is 9.88. The zero-order chi connectivity index (χ0) is 23.4. The van der Waals surface area contributed by atoms with Gasteiger partial charge in [0.1, 0.15) is 10.6 Å². The number of sulfonamides is 1. The predicted octanol–water partition coefficient (Wildman–Crippen LogP) is 2.71. The van der Waals surface area contributed by atoms with Crippen molar-refractivity contribution in [1.29, 1.82) is 0 Å². The fourth-order valence-electron chi connectivity index (χ4n) is 3.66. The Morgan fingerprint density at radius 2 is 1.88 bits per heavy atom. The lowest BCUT2D eigenvalue weighted by Gasteiger charge is -2.26. The molecule has 0 aromatic heterocycles. The minimum Gasteiger partial charge on any atom is -0.495 e. The lowest BCUT2D eigenvalue weighted by molar-refractivity contribution is -0.115. The summed E-state index contributed by atoms with van der Waals surface area (Å²) in [6.07, 6.45) is 0.766. The number of hydrogen-bond donors (Lipinski definition) is 1. The number of anilines is 1. The number of carbonyl (C=O) groups excluding carboxylic acids is 1. The molecule has 2 heterocycles. The van der Waals surface area contributed by atoms with Crippen LogP contribution in [0.4, 0.5) is 5.69 Å². The van der Waals surface area contributed by atoms with E-state index in [9.17, 15) is 13.2 Å². The van der Waals surface area contributed by atoms with Gasteiger partial charge in [0.15, 0.2) is 11.5 Å². The van der Waals surface area contributed by atoms with E-state index in [4.69, 9.17) is 30.5 Å². The number of halogens is 1. The van der Waals surface area contributed by atoms with Crippen LogP contribution in [0.5, 0.6) is 17.2 Å². The van der Waals surface area contributed by atoms with Gasteiger partial charge in [-0.25, -0.2) is 8.42 Å². The Balaban J connectivity index is 1.52. The maximum Gasteiger partial charge on any atom is 0.246 e. The van der Waals surface area contributed by atoms with Crippen molar-refractivity contribution in [2.45, 2.75) is 17.7 Å². The summed E-state index contributed by atoms with van der Waals surface area (Å²) in [4.78, 5) is 12.7. The molecular weight excluding hydrogens is 472 g/mol. The SMILES string of the molecule is COc1ccc(NC(=O)Cc2cc(Cl)c3c(c2)OCCCO3)cc1S(=O)(=O)N1CCOCC1. The molecule has 1 amide bonds. The third-order valence-electron chi connectivity index (χ3n) is 5.26. The topological polar surface area (TPSA) is 103 Å². The van der Waals surface area contributed by atoms with E-state index in [1.54, 1.807) is 18.2 Å². The number of morpholine rings is 1. The molecule has 2 aromatic rings. The summed E-state index contributed by atoms with van der Waals surface area (Å²) in [6, 6.07) is 7.91. The molecule has 0 radical (unpaired) electrons. The molecule has 0 saturated carbocycles. The van der Waals surface area contributed by atoms with Crippen LogP contribution in [-0.4, -0.2) is 65.3 Å². The van der Waals surface area contributed by atoms with Gasteiger partial charge in [-0.15, -0.1) is 0 Å². The molecule has 33 heavy (non-hydrogen) atoms. The molecule has 2 aliphatic rings. The van der Waals surface area contributed by atoms with E-state index in [0.29, 0.717) is 54.2 Å². The molecule has 2 aromatic carbocycles. The summed E-state index contributed by atoms with van der Waals surface area (Å²) in [5, 5.41) is 3.13. The van der Waals surface area contributed by atoms with Crippen LogP contribution in [0.1, 0.15) is 12.0 Å².